The number of rotatable bonds is 8. The van der Waals surface area contributed by atoms with Crippen molar-refractivity contribution in [2.45, 2.75) is 25.4 Å². The fraction of sp³-hybridized carbons (Fsp3) is 1.00. The molecule has 0 aromatic carbocycles. The van der Waals surface area contributed by atoms with Crippen LogP contribution in [0.15, 0.2) is 0 Å². The molecule has 1 aliphatic heterocycles. The highest BCUT2D eigenvalue weighted by Gasteiger charge is 2.27. The zero-order chi connectivity index (χ0) is 14.3. The van der Waals surface area contributed by atoms with Crippen LogP contribution in [-0.4, -0.2) is 70.2 Å². The Morgan fingerprint density at radius 3 is 2.79 bits per heavy atom. The van der Waals surface area contributed by atoms with Crippen LogP contribution in [0.4, 0.5) is 0 Å². The minimum atomic E-state index is -3.11. The van der Waals surface area contributed by atoms with Crippen molar-refractivity contribution in [1.29, 1.82) is 0 Å². The molecule has 6 nitrogen and oxygen atoms in total. The molecule has 0 amide bonds. The van der Waals surface area contributed by atoms with Crippen LogP contribution in [0.1, 0.15) is 19.3 Å². The number of piperidine rings is 1. The summed E-state index contributed by atoms with van der Waals surface area (Å²) in [6.07, 6.45) is 3.09. The van der Waals surface area contributed by atoms with E-state index in [-0.39, 0.29) is 12.5 Å². The Morgan fingerprint density at radius 2 is 2.16 bits per heavy atom. The second-order valence-corrected chi connectivity index (χ2v) is 7.07. The van der Waals surface area contributed by atoms with Crippen LogP contribution < -0.4 is 0 Å². The molecule has 0 bridgehead atoms. The number of aliphatic hydroxyl groups is 1. The molecule has 0 spiro atoms. The fourth-order valence-electron chi connectivity index (χ4n) is 2.33. The molecule has 0 aromatic heterocycles. The highest BCUT2D eigenvalue weighted by molar-refractivity contribution is 7.88. The molecule has 0 aliphatic carbocycles. The Morgan fingerprint density at radius 1 is 1.42 bits per heavy atom. The van der Waals surface area contributed by atoms with Crippen molar-refractivity contribution >= 4 is 10.0 Å². The van der Waals surface area contributed by atoms with Gasteiger partial charge in [0.1, 0.15) is 0 Å². The second-order valence-electron chi connectivity index (χ2n) is 5.09. The van der Waals surface area contributed by atoms with Crippen molar-refractivity contribution in [1.82, 2.24) is 4.31 Å². The molecule has 1 saturated heterocycles. The molecule has 114 valence electrons. The second kappa shape index (κ2) is 8.16. The Kier molecular flexibility index (Phi) is 7.23. The number of ether oxygens (including phenoxy) is 2. The van der Waals surface area contributed by atoms with Gasteiger partial charge in [0.25, 0.3) is 0 Å². The molecular weight excluding hydrogens is 270 g/mol. The maximum absolute atomic E-state index is 11.5. The summed E-state index contributed by atoms with van der Waals surface area (Å²) in [5.41, 5.74) is 0. The molecule has 7 heteroatoms. The largest absolute Gasteiger partial charge is 0.391 e. The van der Waals surface area contributed by atoms with Gasteiger partial charge >= 0.3 is 0 Å². The molecule has 1 aliphatic rings. The minimum absolute atomic E-state index is 0.213. The molecular formula is C12H25NO5S. The number of hydrogen-bond acceptors (Lipinski definition) is 5. The van der Waals surface area contributed by atoms with E-state index in [1.807, 2.05) is 0 Å². The lowest BCUT2D eigenvalue weighted by molar-refractivity contribution is 0.00138. The van der Waals surface area contributed by atoms with Crippen LogP contribution >= 0.6 is 0 Å². The third-order valence-electron chi connectivity index (χ3n) is 3.30. The maximum atomic E-state index is 11.5. The van der Waals surface area contributed by atoms with Gasteiger partial charge in [-0.15, -0.1) is 0 Å². The van der Waals surface area contributed by atoms with Crippen LogP contribution in [-0.2, 0) is 19.5 Å². The summed E-state index contributed by atoms with van der Waals surface area (Å²) in [5.74, 6) is 0.213. The normalized spacial score (nSPS) is 23.4. The van der Waals surface area contributed by atoms with Crippen LogP contribution in [0.3, 0.4) is 0 Å². The van der Waals surface area contributed by atoms with Gasteiger partial charge in [-0.2, -0.15) is 0 Å². The number of methoxy groups -OCH3 is 1. The fourth-order valence-corrected chi connectivity index (χ4v) is 3.28. The number of aliphatic hydroxyl groups excluding tert-OH is 1. The first kappa shape index (κ1) is 16.8. The molecule has 19 heavy (non-hydrogen) atoms. The molecule has 2 atom stereocenters. The maximum Gasteiger partial charge on any atom is 0.211 e. The standard InChI is InChI=1S/C12H25NO5S/c1-17-6-7-18-10-12(14)8-11-4-3-5-13(9-11)19(2,15)16/h11-12,14H,3-10H2,1-2H3. The third-order valence-corrected chi connectivity index (χ3v) is 4.57. The van der Waals surface area contributed by atoms with Crippen LogP contribution in [0.25, 0.3) is 0 Å². The highest BCUT2D eigenvalue weighted by atomic mass is 32.2. The molecule has 1 rings (SSSR count). The van der Waals surface area contributed by atoms with Crippen molar-refractivity contribution in [3.63, 3.8) is 0 Å². The third kappa shape index (κ3) is 6.67. The topological polar surface area (TPSA) is 76.1 Å². The lowest BCUT2D eigenvalue weighted by Crippen LogP contribution is -2.40. The molecule has 2 unspecified atom stereocenters. The average molecular weight is 295 g/mol. The summed E-state index contributed by atoms with van der Waals surface area (Å²) in [6, 6.07) is 0. The van der Waals surface area contributed by atoms with E-state index in [4.69, 9.17) is 9.47 Å². The van der Waals surface area contributed by atoms with E-state index in [1.54, 1.807) is 7.11 Å². The van der Waals surface area contributed by atoms with E-state index in [9.17, 15) is 13.5 Å². The molecule has 1 N–H and O–H groups in total. The molecule has 1 fully saturated rings. The Hall–Kier alpha value is -0.210. The van der Waals surface area contributed by atoms with Gasteiger partial charge in [0.05, 0.1) is 32.2 Å². The number of hydrogen-bond donors (Lipinski definition) is 1. The quantitative estimate of drug-likeness (QED) is 0.641. The van der Waals surface area contributed by atoms with Gasteiger partial charge in [-0.25, -0.2) is 12.7 Å². The SMILES string of the molecule is COCCOCC(O)CC1CCCN(S(C)(=O)=O)C1. The Labute approximate surface area is 115 Å². The van der Waals surface area contributed by atoms with Gasteiger partial charge in [0.2, 0.25) is 10.0 Å². The van der Waals surface area contributed by atoms with E-state index in [1.165, 1.54) is 10.6 Å². The summed E-state index contributed by atoms with van der Waals surface area (Å²) in [5, 5.41) is 9.86. The van der Waals surface area contributed by atoms with Gasteiger partial charge in [-0.05, 0) is 25.2 Å². The zero-order valence-corrected chi connectivity index (χ0v) is 12.6. The van der Waals surface area contributed by atoms with Crippen molar-refractivity contribution in [2.24, 2.45) is 5.92 Å². The van der Waals surface area contributed by atoms with E-state index in [2.05, 4.69) is 0 Å². The van der Waals surface area contributed by atoms with Crippen molar-refractivity contribution in [2.75, 3.05) is 46.3 Å². The first-order valence-electron chi connectivity index (χ1n) is 6.63. The molecule has 1 heterocycles. The number of nitrogens with zero attached hydrogens (tertiary/aromatic N) is 1. The number of sulfonamides is 1. The average Bonchev–Trinajstić information content (AvgIpc) is 2.34. The van der Waals surface area contributed by atoms with Crippen LogP contribution in [0.2, 0.25) is 0 Å². The summed E-state index contributed by atoms with van der Waals surface area (Å²) in [7, 11) is -1.52. The minimum Gasteiger partial charge on any atom is -0.391 e. The predicted molar refractivity (Wildman–Crippen MR) is 72.5 cm³/mol. The van der Waals surface area contributed by atoms with Crippen molar-refractivity contribution in [3.8, 4) is 0 Å². The van der Waals surface area contributed by atoms with Crippen molar-refractivity contribution < 1.29 is 23.0 Å². The summed E-state index contributed by atoms with van der Waals surface area (Å²) in [4.78, 5) is 0. The Bertz CT molecular complexity index is 346. The first-order chi connectivity index (χ1) is 8.93. The highest BCUT2D eigenvalue weighted by Crippen LogP contribution is 2.22. The lowest BCUT2D eigenvalue weighted by Gasteiger charge is -2.31. The summed E-state index contributed by atoms with van der Waals surface area (Å²) in [6.45, 7) is 2.36. The summed E-state index contributed by atoms with van der Waals surface area (Å²) >= 11 is 0. The van der Waals surface area contributed by atoms with Gasteiger partial charge < -0.3 is 14.6 Å². The monoisotopic (exact) mass is 295 g/mol. The van der Waals surface area contributed by atoms with Gasteiger partial charge in [0.15, 0.2) is 0 Å². The van der Waals surface area contributed by atoms with Crippen molar-refractivity contribution in [3.05, 3.63) is 0 Å². The smallest absolute Gasteiger partial charge is 0.211 e. The zero-order valence-electron chi connectivity index (χ0n) is 11.7. The molecule has 0 radical (unpaired) electrons. The van der Waals surface area contributed by atoms with E-state index < -0.39 is 16.1 Å². The van der Waals surface area contributed by atoms with Crippen LogP contribution in [0.5, 0.6) is 0 Å². The van der Waals surface area contributed by atoms with Gasteiger partial charge in [0, 0.05) is 20.2 Å². The van der Waals surface area contributed by atoms with Gasteiger partial charge in [-0.3, -0.25) is 0 Å². The first-order valence-corrected chi connectivity index (χ1v) is 8.48. The van der Waals surface area contributed by atoms with E-state index in [0.717, 1.165) is 12.8 Å². The molecule has 0 saturated carbocycles. The predicted octanol–water partition coefficient (Wildman–Crippen LogP) is 0.0720. The van der Waals surface area contributed by atoms with Gasteiger partial charge in [-0.1, -0.05) is 0 Å². The molecule has 0 aromatic rings. The Balaban J connectivity index is 2.28. The van der Waals surface area contributed by atoms with Crippen LogP contribution in [0, 0.1) is 5.92 Å². The lowest BCUT2D eigenvalue weighted by atomic mass is 9.94. The summed E-state index contributed by atoms with van der Waals surface area (Å²) < 4.78 is 34.6. The van der Waals surface area contributed by atoms with E-state index >= 15 is 0 Å². The van der Waals surface area contributed by atoms with E-state index in [0.29, 0.717) is 32.7 Å².